The summed E-state index contributed by atoms with van der Waals surface area (Å²) in [7, 11) is 0. The Morgan fingerprint density at radius 2 is 1.84 bits per heavy atom. The van der Waals surface area contributed by atoms with E-state index in [1.165, 1.54) is 0 Å². The third-order valence-electron chi connectivity index (χ3n) is 3.86. The lowest BCUT2D eigenvalue weighted by atomic mass is 10.3. The maximum absolute atomic E-state index is 12.2. The molecule has 2 aromatic carbocycles. The van der Waals surface area contributed by atoms with Crippen LogP contribution in [0.15, 0.2) is 67.0 Å². The number of nitrogens with zero attached hydrogens (tertiary/aromatic N) is 5. The van der Waals surface area contributed by atoms with Crippen molar-refractivity contribution in [2.24, 2.45) is 0 Å². The molecule has 0 aliphatic carbocycles. The van der Waals surface area contributed by atoms with Crippen LogP contribution in [0.2, 0.25) is 0 Å². The molecule has 0 bridgehead atoms. The first-order chi connectivity index (χ1) is 12.3. The SMILES string of the molecule is O=C(Cn1nnc2ccccc21)NCc1cnn(-c2ccccc2)c1. The number of hydrogen-bond donors (Lipinski definition) is 1. The van der Waals surface area contributed by atoms with Crippen LogP contribution in [0.1, 0.15) is 5.56 Å². The molecule has 4 aromatic rings. The van der Waals surface area contributed by atoms with Gasteiger partial charge in [-0.15, -0.1) is 5.10 Å². The van der Waals surface area contributed by atoms with Crippen molar-refractivity contribution < 1.29 is 4.79 Å². The van der Waals surface area contributed by atoms with Gasteiger partial charge in [0.15, 0.2) is 0 Å². The topological polar surface area (TPSA) is 77.6 Å². The molecule has 1 amide bonds. The molecular weight excluding hydrogens is 316 g/mol. The van der Waals surface area contributed by atoms with Crippen molar-refractivity contribution in [3.8, 4) is 5.69 Å². The highest BCUT2D eigenvalue weighted by molar-refractivity contribution is 5.79. The largest absolute Gasteiger partial charge is 0.350 e. The van der Waals surface area contributed by atoms with Gasteiger partial charge in [0, 0.05) is 18.3 Å². The number of benzene rings is 2. The Hall–Kier alpha value is -3.48. The number of amides is 1. The van der Waals surface area contributed by atoms with Gasteiger partial charge in [-0.2, -0.15) is 5.10 Å². The lowest BCUT2D eigenvalue weighted by molar-refractivity contribution is -0.121. The predicted molar refractivity (Wildman–Crippen MR) is 92.9 cm³/mol. The molecule has 124 valence electrons. The molecule has 0 unspecified atom stereocenters. The molecule has 0 spiro atoms. The molecule has 2 heterocycles. The minimum atomic E-state index is -0.122. The molecule has 0 aliphatic rings. The molecule has 0 fully saturated rings. The number of carbonyl (C=O) groups is 1. The summed E-state index contributed by atoms with van der Waals surface area (Å²) < 4.78 is 3.38. The van der Waals surface area contributed by atoms with Gasteiger partial charge in [-0.3, -0.25) is 4.79 Å². The lowest BCUT2D eigenvalue weighted by Crippen LogP contribution is -2.27. The first kappa shape index (κ1) is 15.1. The first-order valence-corrected chi connectivity index (χ1v) is 7.93. The predicted octanol–water partition coefficient (Wildman–Crippen LogP) is 1.93. The first-order valence-electron chi connectivity index (χ1n) is 7.93. The fraction of sp³-hybridized carbons (Fsp3) is 0.111. The summed E-state index contributed by atoms with van der Waals surface area (Å²) >= 11 is 0. The molecule has 0 saturated heterocycles. The monoisotopic (exact) mass is 332 g/mol. The number of fused-ring (bicyclic) bond motifs is 1. The molecule has 0 saturated carbocycles. The van der Waals surface area contributed by atoms with E-state index < -0.39 is 0 Å². The fourth-order valence-electron chi connectivity index (χ4n) is 2.60. The van der Waals surface area contributed by atoms with Gasteiger partial charge in [0.05, 0.1) is 17.4 Å². The highest BCUT2D eigenvalue weighted by atomic mass is 16.2. The summed E-state index contributed by atoms with van der Waals surface area (Å²) in [6.45, 7) is 0.547. The zero-order chi connectivity index (χ0) is 17.1. The highest BCUT2D eigenvalue weighted by Crippen LogP contribution is 2.10. The molecule has 0 atom stereocenters. The molecule has 0 aliphatic heterocycles. The maximum Gasteiger partial charge on any atom is 0.242 e. The fourth-order valence-corrected chi connectivity index (χ4v) is 2.60. The lowest BCUT2D eigenvalue weighted by Gasteiger charge is -2.04. The summed E-state index contributed by atoms with van der Waals surface area (Å²) in [5.41, 5.74) is 3.53. The van der Waals surface area contributed by atoms with E-state index in [1.807, 2.05) is 60.8 Å². The second-order valence-corrected chi connectivity index (χ2v) is 5.64. The van der Waals surface area contributed by atoms with Crippen LogP contribution in [0.25, 0.3) is 16.7 Å². The zero-order valence-corrected chi connectivity index (χ0v) is 13.4. The van der Waals surface area contributed by atoms with E-state index in [2.05, 4.69) is 20.7 Å². The standard InChI is InChI=1S/C18H16N6O/c25-18(13-24-17-9-5-4-8-16(17)21-22-24)19-10-14-11-20-23(12-14)15-6-2-1-3-7-15/h1-9,11-12H,10,13H2,(H,19,25). The Morgan fingerprint density at radius 1 is 1.04 bits per heavy atom. The second-order valence-electron chi connectivity index (χ2n) is 5.64. The molecule has 7 heteroatoms. The third-order valence-corrected chi connectivity index (χ3v) is 3.86. The maximum atomic E-state index is 12.2. The van der Waals surface area contributed by atoms with Gasteiger partial charge in [-0.1, -0.05) is 35.5 Å². The molecule has 4 rings (SSSR count). The van der Waals surface area contributed by atoms with Crippen LogP contribution in [0.3, 0.4) is 0 Å². The van der Waals surface area contributed by atoms with E-state index in [0.29, 0.717) is 6.54 Å². The summed E-state index contributed by atoms with van der Waals surface area (Å²) in [5, 5.41) is 15.3. The van der Waals surface area contributed by atoms with Gasteiger partial charge in [0.25, 0.3) is 0 Å². The van der Waals surface area contributed by atoms with E-state index >= 15 is 0 Å². The summed E-state index contributed by atoms with van der Waals surface area (Å²) in [6, 6.07) is 17.4. The number of rotatable bonds is 5. The van der Waals surface area contributed by atoms with Gasteiger partial charge in [-0.25, -0.2) is 9.36 Å². The number of hydrogen-bond acceptors (Lipinski definition) is 4. The minimum absolute atomic E-state index is 0.122. The van der Waals surface area contributed by atoms with Crippen LogP contribution in [-0.2, 0) is 17.9 Å². The Morgan fingerprint density at radius 3 is 2.72 bits per heavy atom. The van der Waals surface area contributed by atoms with Crippen LogP contribution in [0.5, 0.6) is 0 Å². The van der Waals surface area contributed by atoms with Gasteiger partial charge in [0.1, 0.15) is 12.1 Å². The van der Waals surface area contributed by atoms with E-state index in [-0.39, 0.29) is 12.5 Å². The van der Waals surface area contributed by atoms with Crippen LogP contribution in [0.4, 0.5) is 0 Å². The second kappa shape index (κ2) is 6.56. The van der Waals surface area contributed by atoms with Crippen LogP contribution < -0.4 is 5.32 Å². The summed E-state index contributed by atoms with van der Waals surface area (Å²) in [6.07, 6.45) is 3.65. The van der Waals surface area contributed by atoms with Crippen molar-refractivity contribution in [1.29, 1.82) is 0 Å². The Balaban J connectivity index is 1.38. The Labute approximate surface area is 143 Å². The van der Waals surface area contributed by atoms with Crippen molar-refractivity contribution >= 4 is 16.9 Å². The average molecular weight is 332 g/mol. The number of aromatic nitrogens is 5. The number of carbonyl (C=O) groups excluding carboxylic acids is 1. The van der Waals surface area contributed by atoms with Gasteiger partial charge in [-0.05, 0) is 24.3 Å². The van der Waals surface area contributed by atoms with Crippen LogP contribution in [-0.4, -0.2) is 30.7 Å². The van der Waals surface area contributed by atoms with E-state index in [4.69, 9.17) is 0 Å². The van der Waals surface area contributed by atoms with E-state index in [9.17, 15) is 4.79 Å². The van der Waals surface area contributed by atoms with Crippen molar-refractivity contribution in [2.75, 3.05) is 0 Å². The molecule has 0 radical (unpaired) electrons. The molecule has 25 heavy (non-hydrogen) atoms. The molecular formula is C18H16N6O. The molecule has 2 aromatic heterocycles. The minimum Gasteiger partial charge on any atom is -0.350 e. The van der Waals surface area contributed by atoms with Crippen molar-refractivity contribution in [2.45, 2.75) is 13.1 Å². The Kier molecular flexibility index (Phi) is 3.96. The van der Waals surface area contributed by atoms with Crippen LogP contribution >= 0.6 is 0 Å². The molecule has 1 N–H and O–H groups in total. The van der Waals surface area contributed by atoms with Crippen LogP contribution in [0, 0.1) is 0 Å². The normalized spacial score (nSPS) is 10.9. The quantitative estimate of drug-likeness (QED) is 0.606. The summed E-state index contributed by atoms with van der Waals surface area (Å²) in [4.78, 5) is 12.2. The average Bonchev–Trinajstić information content (AvgIpc) is 3.28. The number of para-hydroxylation sites is 2. The van der Waals surface area contributed by atoms with Crippen molar-refractivity contribution in [3.05, 3.63) is 72.6 Å². The Bertz CT molecular complexity index is 1000. The highest BCUT2D eigenvalue weighted by Gasteiger charge is 2.09. The van der Waals surface area contributed by atoms with Gasteiger partial charge < -0.3 is 5.32 Å². The molecule has 7 nitrogen and oxygen atoms in total. The van der Waals surface area contributed by atoms with E-state index in [0.717, 1.165) is 22.3 Å². The van der Waals surface area contributed by atoms with Gasteiger partial charge in [0.2, 0.25) is 5.91 Å². The number of nitrogens with one attached hydrogen (secondary N) is 1. The van der Waals surface area contributed by atoms with E-state index in [1.54, 1.807) is 15.6 Å². The van der Waals surface area contributed by atoms with Crippen molar-refractivity contribution in [3.63, 3.8) is 0 Å². The smallest absolute Gasteiger partial charge is 0.242 e. The summed E-state index contributed by atoms with van der Waals surface area (Å²) in [5.74, 6) is -0.122. The van der Waals surface area contributed by atoms with Gasteiger partial charge >= 0.3 is 0 Å². The third kappa shape index (κ3) is 3.25. The van der Waals surface area contributed by atoms with Crippen molar-refractivity contribution in [1.82, 2.24) is 30.1 Å². The zero-order valence-electron chi connectivity index (χ0n) is 13.4.